The quantitative estimate of drug-likeness (QED) is 0.196. The van der Waals surface area contributed by atoms with Crippen LogP contribution in [-0.4, -0.2) is 9.55 Å². The van der Waals surface area contributed by atoms with Gasteiger partial charge in [-0.25, -0.2) is 0 Å². The van der Waals surface area contributed by atoms with Crippen molar-refractivity contribution in [1.29, 1.82) is 0 Å². The highest BCUT2D eigenvalue weighted by Crippen LogP contribution is 2.49. The predicted octanol–water partition coefficient (Wildman–Crippen LogP) is 12.9. The van der Waals surface area contributed by atoms with Crippen LogP contribution in [0.15, 0.2) is 182 Å². The van der Waals surface area contributed by atoms with E-state index in [1.54, 1.807) is 0 Å². The van der Waals surface area contributed by atoms with E-state index in [0.717, 1.165) is 11.2 Å². The first-order chi connectivity index (χ1) is 25.3. The molecule has 0 fully saturated rings. The van der Waals surface area contributed by atoms with Crippen molar-refractivity contribution >= 4 is 43.6 Å². The van der Waals surface area contributed by atoms with Gasteiger partial charge in [0, 0.05) is 38.7 Å². The van der Waals surface area contributed by atoms with E-state index in [-0.39, 0.29) is 5.92 Å². The van der Waals surface area contributed by atoms with Crippen molar-refractivity contribution in [2.45, 2.75) is 5.92 Å². The number of hydrogen-bond acceptors (Lipinski definition) is 0. The fourth-order valence-electron chi connectivity index (χ4n) is 8.69. The van der Waals surface area contributed by atoms with E-state index in [0.29, 0.717) is 0 Å². The van der Waals surface area contributed by atoms with Crippen LogP contribution in [0, 0.1) is 0 Å². The molecule has 10 aromatic rings. The first-order valence-electron chi connectivity index (χ1n) is 17.7. The van der Waals surface area contributed by atoms with Gasteiger partial charge in [0.15, 0.2) is 0 Å². The lowest BCUT2D eigenvalue weighted by Gasteiger charge is -2.14. The predicted molar refractivity (Wildman–Crippen MR) is 214 cm³/mol. The number of aromatic amines is 1. The highest BCUT2D eigenvalue weighted by Gasteiger charge is 2.29. The number of aromatic nitrogens is 2. The van der Waals surface area contributed by atoms with Crippen LogP contribution in [0.3, 0.4) is 0 Å². The lowest BCUT2D eigenvalue weighted by molar-refractivity contribution is 1.02. The first kappa shape index (κ1) is 28.2. The second kappa shape index (κ2) is 10.9. The van der Waals surface area contributed by atoms with Gasteiger partial charge in [0.1, 0.15) is 0 Å². The Bertz CT molecular complexity index is 2950. The number of para-hydroxylation sites is 2. The molecule has 1 N–H and O–H groups in total. The maximum Gasteiger partial charge on any atom is 0.0783 e. The molecule has 1 unspecified atom stereocenters. The monoisotopic (exact) mass is 648 g/mol. The molecule has 11 rings (SSSR count). The number of H-pyrrole nitrogens is 1. The molecule has 1 aliphatic carbocycles. The van der Waals surface area contributed by atoms with Gasteiger partial charge >= 0.3 is 0 Å². The van der Waals surface area contributed by atoms with Gasteiger partial charge in [-0.05, 0) is 86.5 Å². The SMILES string of the molecule is c1ccc(C2c3ccccc3-c3cc(-c4ccc(-c5ccc6c(c5)c5ccc7c8ccccc8[nH]c7c5n6-c5ccccc5)cc4)ccc32)cc1. The van der Waals surface area contributed by atoms with Gasteiger partial charge in [-0.2, -0.15) is 0 Å². The molecule has 8 aromatic carbocycles. The summed E-state index contributed by atoms with van der Waals surface area (Å²) >= 11 is 0. The molecule has 2 heteroatoms. The Hall–Kier alpha value is -6.64. The smallest absolute Gasteiger partial charge is 0.0783 e. The third-order valence-corrected chi connectivity index (χ3v) is 11.0. The Morgan fingerprint density at radius 3 is 1.86 bits per heavy atom. The van der Waals surface area contributed by atoms with Crippen LogP contribution in [0.25, 0.3) is 82.7 Å². The number of benzene rings is 8. The second-order valence-corrected chi connectivity index (χ2v) is 13.8. The first-order valence-corrected chi connectivity index (χ1v) is 17.7. The molecule has 0 bridgehead atoms. The van der Waals surface area contributed by atoms with Crippen LogP contribution < -0.4 is 0 Å². The standard InChI is InChI=1S/C49H32N2/c1-3-11-33(12-4-1)47-39-17-8-7-15-37(39)43-29-34(23-25-40(43)47)31-19-21-32(22-20-31)35-24-28-46-44(30-35)42-27-26-41-38-16-9-10-18-45(38)50-48(41)49(42)51(46)36-13-5-2-6-14-36/h1-30,47,50H. The van der Waals surface area contributed by atoms with Crippen molar-refractivity contribution < 1.29 is 0 Å². The fourth-order valence-corrected chi connectivity index (χ4v) is 8.69. The molecule has 238 valence electrons. The summed E-state index contributed by atoms with van der Waals surface area (Å²) in [6.07, 6.45) is 0. The summed E-state index contributed by atoms with van der Waals surface area (Å²) in [5.41, 5.74) is 17.6. The van der Waals surface area contributed by atoms with Crippen molar-refractivity contribution in [3.8, 4) is 39.1 Å². The topological polar surface area (TPSA) is 20.7 Å². The van der Waals surface area contributed by atoms with Crippen molar-refractivity contribution in [3.05, 3.63) is 199 Å². The van der Waals surface area contributed by atoms with E-state index in [1.165, 1.54) is 88.2 Å². The highest BCUT2D eigenvalue weighted by atomic mass is 15.0. The zero-order valence-electron chi connectivity index (χ0n) is 27.8. The third kappa shape index (κ3) is 4.23. The maximum absolute atomic E-state index is 3.77. The molecule has 1 aliphatic rings. The summed E-state index contributed by atoms with van der Waals surface area (Å²) < 4.78 is 2.42. The molecule has 51 heavy (non-hydrogen) atoms. The average Bonchev–Trinajstić information content (AvgIpc) is 3.86. The van der Waals surface area contributed by atoms with Crippen molar-refractivity contribution in [2.24, 2.45) is 0 Å². The number of nitrogens with one attached hydrogen (secondary N) is 1. The van der Waals surface area contributed by atoms with Crippen LogP contribution in [0.5, 0.6) is 0 Å². The van der Waals surface area contributed by atoms with E-state index in [2.05, 4.69) is 192 Å². The normalized spacial score (nSPS) is 13.7. The Labute approximate surface area is 295 Å². The van der Waals surface area contributed by atoms with Crippen molar-refractivity contribution in [3.63, 3.8) is 0 Å². The number of hydrogen-bond donors (Lipinski definition) is 1. The summed E-state index contributed by atoms with van der Waals surface area (Å²) in [5.74, 6) is 0.267. The van der Waals surface area contributed by atoms with E-state index in [1.807, 2.05) is 0 Å². The highest BCUT2D eigenvalue weighted by molar-refractivity contribution is 6.23. The molecule has 1 atom stereocenters. The number of fused-ring (bicyclic) bond motifs is 10. The molecule has 2 heterocycles. The van der Waals surface area contributed by atoms with Crippen LogP contribution in [-0.2, 0) is 0 Å². The molecule has 2 nitrogen and oxygen atoms in total. The van der Waals surface area contributed by atoms with Gasteiger partial charge in [0.2, 0.25) is 0 Å². The van der Waals surface area contributed by atoms with Crippen LogP contribution in [0.4, 0.5) is 0 Å². The third-order valence-electron chi connectivity index (χ3n) is 11.0. The zero-order valence-corrected chi connectivity index (χ0v) is 27.8. The average molecular weight is 649 g/mol. The summed E-state index contributed by atoms with van der Waals surface area (Å²) in [6, 6.07) is 66.8. The molecule has 0 spiro atoms. The minimum Gasteiger partial charge on any atom is -0.353 e. The van der Waals surface area contributed by atoms with E-state index in [4.69, 9.17) is 0 Å². The van der Waals surface area contributed by atoms with E-state index < -0.39 is 0 Å². The summed E-state index contributed by atoms with van der Waals surface area (Å²) in [6.45, 7) is 0. The Kier molecular flexibility index (Phi) is 6.05. The van der Waals surface area contributed by atoms with Crippen molar-refractivity contribution in [2.75, 3.05) is 0 Å². The summed E-state index contributed by atoms with van der Waals surface area (Å²) in [7, 11) is 0. The molecule has 0 saturated heterocycles. The van der Waals surface area contributed by atoms with Crippen molar-refractivity contribution in [1.82, 2.24) is 9.55 Å². The molecular formula is C49H32N2. The Balaban J connectivity index is 1.02. The van der Waals surface area contributed by atoms with Gasteiger partial charge in [0.25, 0.3) is 0 Å². The largest absolute Gasteiger partial charge is 0.353 e. The Morgan fingerprint density at radius 1 is 0.412 bits per heavy atom. The molecule has 0 radical (unpaired) electrons. The minimum absolute atomic E-state index is 0.267. The fraction of sp³-hybridized carbons (Fsp3) is 0.0204. The number of nitrogens with zero attached hydrogens (tertiary/aromatic N) is 1. The van der Waals surface area contributed by atoms with Gasteiger partial charge in [-0.1, -0.05) is 146 Å². The zero-order chi connectivity index (χ0) is 33.5. The molecule has 0 aliphatic heterocycles. The van der Waals surface area contributed by atoms with E-state index in [9.17, 15) is 0 Å². The molecule has 0 amide bonds. The molecule has 2 aromatic heterocycles. The summed E-state index contributed by atoms with van der Waals surface area (Å²) in [4.78, 5) is 3.77. The van der Waals surface area contributed by atoms with Gasteiger partial charge < -0.3 is 9.55 Å². The maximum atomic E-state index is 3.77. The van der Waals surface area contributed by atoms with Gasteiger partial charge in [0.05, 0.1) is 16.6 Å². The van der Waals surface area contributed by atoms with E-state index >= 15 is 0 Å². The number of rotatable bonds is 4. The second-order valence-electron chi connectivity index (χ2n) is 13.8. The Morgan fingerprint density at radius 2 is 1.04 bits per heavy atom. The van der Waals surface area contributed by atoms with Gasteiger partial charge in [-0.15, -0.1) is 0 Å². The lowest BCUT2D eigenvalue weighted by Crippen LogP contribution is -1.98. The van der Waals surface area contributed by atoms with Crippen LogP contribution in [0.1, 0.15) is 22.6 Å². The lowest BCUT2D eigenvalue weighted by atomic mass is 9.89. The van der Waals surface area contributed by atoms with Crippen LogP contribution in [0.2, 0.25) is 0 Å². The van der Waals surface area contributed by atoms with Gasteiger partial charge in [-0.3, -0.25) is 0 Å². The molecular weight excluding hydrogens is 617 g/mol. The van der Waals surface area contributed by atoms with Crippen LogP contribution >= 0.6 is 0 Å². The summed E-state index contributed by atoms with van der Waals surface area (Å²) in [5, 5.41) is 5.00. The molecule has 0 saturated carbocycles. The minimum atomic E-state index is 0.267.